The lowest BCUT2D eigenvalue weighted by atomic mass is 9.46. The van der Waals surface area contributed by atoms with Gasteiger partial charge < -0.3 is 10.4 Å². The van der Waals surface area contributed by atoms with E-state index >= 15 is 0 Å². The molecule has 3 rings (SSSR count). The van der Waals surface area contributed by atoms with E-state index in [1.165, 1.54) is 11.1 Å². The number of fused-ring (bicyclic) bond motifs is 1. The molecular formula is C27H39NO2. The molecule has 0 saturated heterocycles. The monoisotopic (exact) mass is 409 g/mol. The van der Waals surface area contributed by atoms with Gasteiger partial charge in [0, 0.05) is 11.8 Å². The van der Waals surface area contributed by atoms with Gasteiger partial charge in [-0.1, -0.05) is 56.2 Å². The van der Waals surface area contributed by atoms with E-state index in [0.717, 1.165) is 49.8 Å². The van der Waals surface area contributed by atoms with Crippen LogP contribution in [-0.2, 0) is 4.79 Å². The summed E-state index contributed by atoms with van der Waals surface area (Å²) in [4.78, 5) is 12.4. The minimum atomic E-state index is -0.213. The van der Waals surface area contributed by atoms with Gasteiger partial charge in [0.15, 0.2) is 0 Å². The molecule has 164 valence electrons. The van der Waals surface area contributed by atoms with Gasteiger partial charge >= 0.3 is 0 Å². The average Bonchev–Trinajstić information content (AvgIpc) is 2.66. The van der Waals surface area contributed by atoms with E-state index in [4.69, 9.17) is 0 Å². The van der Waals surface area contributed by atoms with Crippen molar-refractivity contribution in [3.05, 3.63) is 53.6 Å². The van der Waals surface area contributed by atoms with E-state index in [2.05, 4.69) is 39.6 Å². The molecule has 2 N–H and O–H groups in total. The minimum absolute atomic E-state index is 0.0508. The molecule has 0 aromatic heterocycles. The lowest BCUT2D eigenvalue weighted by molar-refractivity contribution is -0.124. The summed E-state index contributed by atoms with van der Waals surface area (Å²) < 4.78 is 0. The van der Waals surface area contributed by atoms with E-state index in [9.17, 15) is 9.90 Å². The number of carbonyl (C=O) groups excluding carboxylic acids is 1. The summed E-state index contributed by atoms with van der Waals surface area (Å²) in [6.45, 7) is 15.4. The van der Waals surface area contributed by atoms with Crippen molar-refractivity contribution in [1.29, 1.82) is 0 Å². The fourth-order valence-electron chi connectivity index (χ4n) is 6.18. The average molecular weight is 410 g/mol. The molecule has 0 bridgehead atoms. The number of aliphatic hydroxyl groups is 1. The second-order valence-electron chi connectivity index (χ2n) is 10.6. The molecule has 2 aliphatic carbocycles. The number of nitrogens with one attached hydrogen (secondary N) is 1. The van der Waals surface area contributed by atoms with E-state index < -0.39 is 0 Å². The predicted octanol–water partition coefficient (Wildman–Crippen LogP) is 6.43. The molecule has 2 saturated carbocycles. The zero-order valence-corrected chi connectivity index (χ0v) is 19.4. The van der Waals surface area contributed by atoms with Crippen molar-refractivity contribution in [3.8, 4) is 0 Å². The number of amides is 1. The molecule has 1 aromatic rings. The molecule has 4 atom stereocenters. The summed E-state index contributed by atoms with van der Waals surface area (Å²) in [5.74, 6) is 0.898. The fraction of sp³-hybridized carbons (Fsp3) is 0.593. The normalized spacial score (nSPS) is 31.2. The molecule has 3 nitrogen and oxygen atoms in total. The Hall–Kier alpha value is -1.87. The number of allylic oxidation sites excluding steroid dienone is 2. The molecule has 30 heavy (non-hydrogen) atoms. The van der Waals surface area contributed by atoms with Crippen molar-refractivity contribution < 1.29 is 9.90 Å². The molecule has 0 aliphatic heterocycles. The Kier molecular flexibility index (Phi) is 6.62. The van der Waals surface area contributed by atoms with Crippen LogP contribution in [-0.4, -0.2) is 17.1 Å². The van der Waals surface area contributed by atoms with Crippen LogP contribution in [0.5, 0.6) is 0 Å². The Labute approximate surface area is 182 Å². The number of rotatable bonds is 5. The Morgan fingerprint density at radius 3 is 2.57 bits per heavy atom. The number of anilines is 1. The lowest BCUT2D eigenvalue weighted by Crippen LogP contribution is -2.54. The SMILES string of the molecule is C=C1CC[C@@H]2C(C)(C)[C@H](O)CC[C@@]2(C)[C@@H]1CC/C(C)=C/C(=O)Nc1ccc(C)cc1. The maximum absolute atomic E-state index is 12.4. The number of aryl methyl sites for hydroxylation is 1. The second-order valence-corrected chi connectivity index (χ2v) is 10.6. The van der Waals surface area contributed by atoms with Crippen molar-refractivity contribution >= 4 is 11.6 Å². The quantitative estimate of drug-likeness (QED) is 0.435. The van der Waals surface area contributed by atoms with Crippen LogP contribution in [0.2, 0.25) is 0 Å². The standard InChI is InChI=1S/C27H39NO2/c1-18-7-11-21(12-8-18)28-25(30)17-19(2)9-13-22-20(3)10-14-23-26(4,5)24(29)15-16-27(22,23)6/h7-8,11-12,17,22-24,29H,3,9-10,13-16H2,1-2,4-6H3,(H,28,30)/b19-17+/t22-,23-,24-,27+/m1/s1. The highest BCUT2D eigenvalue weighted by Crippen LogP contribution is 2.61. The van der Waals surface area contributed by atoms with Gasteiger partial charge in [-0.3, -0.25) is 4.79 Å². The molecule has 3 heteroatoms. The third-order valence-electron chi connectivity index (χ3n) is 8.08. The number of carbonyl (C=O) groups is 1. The Bertz CT molecular complexity index is 820. The first kappa shape index (κ1) is 22.8. The van der Waals surface area contributed by atoms with Crippen molar-refractivity contribution in [2.24, 2.45) is 22.7 Å². The number of aliphatic hydroxyl groups excluding tert-OH is 1. The fourth-order valence-corrected chi connectivity index (χ4v) is 6.18. The second kappa shape index (κ2) is 8.70. The Morgan fingerprint density at radius 1 is 1.23 bits per heavy atom. The smallest absolute Gasteiger partial charge is 0.248 e. The number of benzene rings is 1. The van der Waals surface area contributed by atoms with E-state index in [1.54, 1.807) is 6.08 Å². The van der Waals surface area contributed by atoms with E-state index in [1.807, 2.05) is 31.2 Å². The van der Waals surface area contributed by atoms with E-state index in [-0.39, 0.29) is 22.8 Å². The molecule has 1 amide bonds. The summed E-state index contributed by atoms with van der Waals surface area (Å²) >= 11 is 0. The van der Waals surface area contributed by atoms with Crippen molar-refractivity contribution in [3.63, 3.8) is 0 Å². The Balaban J connectivity index is 1.65. The Morgan fingerprint density at radius 2 is 1.90 bits per heavy atom. The summed E-state index contributed by atoms with van der Waals surface area (Å²) in [6.07, 6.45) is 7.56. The van der Waals surface area contributed by atoms with Gasteiger partial charge in [-0.05, 0) is 87.2 Å². The van der Waals surface area contributed by atoms with Crippen LogP contribution < -0.4 is 5.32 Å². The minimum Gasteiger partial charge on any atom is -0.393 e. The third-order valence-corrected chi connectivity index (χ3v) is 8.08. The van der Waals surface area contributed by atoms with Crippen LogP contribution in [0.15, 0.2) is 48.1 Å². The largest absolute Gasteiger partial charge is 0.393 e. The van der Waals surface area contributed by atoms with Crippen molar-refractivity contribution in [2.75, 3.05) is 5.32 Å². The van der Waals surface area contributed by atoms with E-state index in [0.29, 0.717) is 11.8 Å². The topological polar surface area (TPSA) is 49.3 Å². The van der Waals surface area contributed by atoms with Crippen LogP contribution in [0.3, 0.4) is 0 Å². The van der Waals surface area contributed by atoms with Crippen LogP contribution in [0.4, 0.5) is 5.69 Å². The zero-order chi connectivity index (χ0) is 22.1. The van der Waals surface area contributed by atoms with Gasteiger partial charge in [0.25, 0.3) is 0 Å². The highest BCUT2D eigenvalue weighted by molar-refractivity contribution is 5.99. The summed E-state index contributed by atoms with van der Waals surface area (Å²) in [7, 11) is 0. The van der Waals surface area contributed by atoms with Gasteiger partial charge in [-0.25, -0.2) is 0 Å². The molecule has 0 unspecified atom stereocenters. The maximum atomic E-state index is 12.4. The van der Waals surface area contributed by atoms with Gasteiger partial charge in [0.2, 0.25) is 5.91 Å². The molecular weight excluding hydrogens is 370 g/mol. The molecule has 1 aromatic carbocycles. The highest BCUT2D eigenvalue weighted by atomic mass is 16.3. The predicted molar refractivity (Wildman–Crippen MR) is 125 cm³/mol. The van der Waals surface area contributed by atoms with Crippen LogP contribution in [0.1, 0.15) is 71.8 Å². The molecule has 2 fully saturated rings. The summed E-state index contributed by atoms with van der Waals surface area (Å²) in [5.41, 5.74) is 4.60. The molecule has 0 radical (unpaired) electrons. The van der Waals surface area contributed by atoms with Crippen LogP contribution in [0.25, 0.3) is 0 Å². The van der Waals surface area contributed by atoms with Gasteiger partial charge in [0.05, 0.1) is 6.10 Å². The van der Waals surface area contributed by atoms with Crippen molar-refractivity contribution in [2.45, 2.75) is 79.2 Å². The lowest BCUT2D eigenvalue weighted by Gasteiger charge is -2.59. The summed E-state index contributed by atoms with van der Waals surface area (Å²) in [6, 6.07) is 7.87. The van der Waals surface area contributed by atoms with Gasteiger partial charge in [-0.2, -0.15) is 0 Å². The summed E-state index contributed by atoms with van der Waals surface area (Å²) in [5, 5.41) is 13.6. The van der Waals surface area contributed by atoms with Crippen molar-refractivity contribution in [1.82, 2.24) is 0 Å². The molecule has 0 spiro atoms. The molecule has 2 aliphatic rings. The highest BCUT2D eigenvalue weighted by Gasteiger charge is 2.55. The maximum Gasteiger partial charge on any atom is 0.248 e. The van der Waals surface area contributed by atoms with Crippen LogP contribution in [0, 0.1) is 29.6 Å². The molecule has 0 heterocycles. The number of hydrogen-bond acceptors (Lipinski definition) is 2. The van der Waals surface area contributed by atoms with Crippen LogP contribution >= 0.6 is 0 Å². The van der Waals surface area contributed by atoms with Gasteiger partial charge in [0.1, 0.15) is 0 Å². The van der Waals surface area contributed by atoms with Gasteiger partial charge in [-0.15, -0.1) is 0 Å². The first-order chi connectivity index (χ1) is 14.0. The first-order valence-corrected chi connectivity index (χ1v) is 11.4. The first-order valence-electron chi connectivity index (χ1n) is 11.4. The third kappa shape index (κ3) is 4.56. The zero-order valence-electron chi connectivity index (χ0n) is 19.4. The number of hydrogen-bond donors (Lipinski definition) is 2.